The van der Waals surface area contributed by atoms with E-state index < -0.39 is 0 Å². The quantitative estimate of drug-likeness (QED) is 0.164. The molecule has 0 spiro atoms. The fourth-order valence-electron chi connectivity index (χ4n) is 11.9. The van der Waals surface area contributed by atoms with Crippen molar-refractivity contribution >= 4 is 79.2 Å². The number of hydrogen-bond donors (Lipinski definition) is 0. The zero-order chi connectivity index (χ0) is 47.1. The molecule has 13 rings (SSSR count). The first-order valence-electron chi connectivity index (χ1n) is 24.6. The highest BCUT2D eigenvalue weighted by atomic mass is 16.3. The maximum absolute atomic E-state index is 6.55. The van der Waals surface area contributed by atoms with E-state index in [1.54, 1.807) is 0 Å². The lowest BCUT2D eigenvalue weighted by Gasteiger charge is -2.45. The summed E-state index contributed by atoms with van der Waals surface area (Å²) in [6.45, 7) is 18.8. The van der Waals surface area contributed by atoms with Gasteiger partial charge in [-0.1, -0.05) is 189 Å². The van der Waals surface area contributed by atoms with Crippen LogP contribution in [0.15, 0.2) is 192 Å². The van der Waals surface area contributed by atoms with Crippen LogP contribution in [0.2, 0.25) is 0 Å². The average Bonchev–Trinajstić information content (AvgIpc) is 3.85. The molecule has 2 aliphatic heterocycles. The fourth-order valence-corrected chi connectivity index (χ4v) is 11.9. The lowest BCUT2D eigenvalue weighted by atomic mass is 9.33. The molecule has 1 aliphatic carbocycles. The molecule has 0 unspecified atom stereocenters. The molecule has 0 N–H and O–H groups in total. The van der Waals surface area contributed by atoms with Gasteiger partial charge in [0.1, 0.15) is 11.2 Å². The Kier molecular flexibility index (Phi) is 8.88. The first-order chi connectivity index (χ1) is 33.2. The maximum atomic E-state index is 6.55. The molecule has 69 heavy (non-hydrogen) atoms. The fraction of sp³-hybridized carbons (Fsp3) is 0.169. The zero-order valence-electron chi connectivity index (χ0n) is 40.8. The van der Waals surface area contributed by atoms with Crippen LogP contribution in [0.25, 0.3) is 55.3 Å². The summed E-state index contributed by atoms with van der Waals surface area (Å²) >= 11 is 0. The molecule has 0 fully saturated rings. The highest BCUT2D eigenvalue weighted by molar-refractivity contribution is 7.00. The molecule has 9 aromatic carbocycles. The minimum Gasteiger partial charge on any atom is -0.455 e. The first-order valence-corrected chi connectivity index (χ1v) is 24.6. The highest BCUT2D eigenvalue weighted by Crippen LogP contribution is 2.52. The average molecular weight is 891 g/mol. The van der Waals surface area contributed by atoms with Gasteiger partial charge in [-0.25, -0.2) is 0 Å². The molecule has 0 amide bonds. The minimum absolute atomic E-state index is 0.0146. The smallest absolute Gasteiger partial charge is 0.252 e. The van der Waals surface area contributed by atoms with E-state index in [-0.39, 0.29) is 23.0 Å². The summed E-state index contributed by atoms with van der Waals surface area (Å²) in [6.07, 6.45) is 0. The normalized spacial score (nSPS) is 14.4. The van der Waals surface area contributed by atoms with E-state index in [0.29, 0.717) is 0 Å². The number of fused-ring (bicyclic) bond motifs is 10. The Morgan fingerprint density at radius 2 is 1.04 bits per heavy atom. The second-order valence-electron chi connectivity index (χ2n) is 22.2. The maximum Gasteiger partial charge on any atom is 0.252 e. The van der Waals surface area contributed by atoms with Crippen molar-refractivity contribution in [3.8, 4) is 33.4 Å². The first kappa shape index (κ1) is 41.6. The second-order valence-corrected chi connectivity index (χ2v) is 22.2. The van der Waals surface area contributed by atoms with Gasteiger partial charge in [0.2, 0.25) is 0 Å². The molecule has 334 valence electrons. The number of hydrogen-bond acceptors (Lipinski definition) is 3. The van der Waals surface area contributed by atoms with Crippen molar-refractivity contribution in [3.63, 3.8) is 0 Å². The van der Waals surface area contributed by atoms with Gasteiger partial charge in [-0.3, -0.25) is 0 Å². The van der Waals surface area contributed by atoms with Gasteiger partial charge >= 0.3 is 0 Å². The Bertz CT molecular complexity index is 3730. The SMILES string of the molecule is CC(C)(C)c1ccc2c(c1)N(c1ccc3c(c1)C(C)(C)c1ccccc1-3)c1cc(C(C)(C)C)cc3c1B2c1cc(-c2ccccc2)ccc1N3c1ccc(-c2cccc3c2oc2ccccc23)cc1. The predicted octanol–water partition coefficient (Wildman–Crippen LogP) is 15.9. The topological polar surface area (TPSA) is 19.6 Å². The lowest BCUT2D eigenvalue weighted by molar-refractivity contribution is 0.590. The summed E-state index contributed by atoms with van der Waals surface area (Å²) in [5.41, 5.74) is 25.4. The van der Waals surface area contributed by atoms with E-state index in [1.807, 2.05) is 6.07 Å². The second kappa shape index (κ2) is 14.7. The largest absolute Gasteiger partial charge is 0.455 e. The van der Waals surface area contributed by atoms with Crippen molar-refractivity contribution in [1.29, 1.82) is 0 Å². The molecule has 3 nitrogen and oxygen atoms in total. The van der Waals surface area contributed by atoms with Crippen molar-refractivity contribution in [2.24, 2.45) is 0 Å². The Labute approximate surface area is 406 Å². The molecule has 0 saturated carbocycles. The van der Waals surface area contributed by atoms with E-state index in [1.165, 1.54) is 89.3 Å². The number of benzene rings is 9. The number of furan rings is 1. The highest BCUT2D eigenvalue weighted by Gasteiger charge is 2.45. The van der Waals surface area contributed by atoms with Gasteiger partial charge in [0, 0.05) is 55.9 Å². The van der Waals surface area contributed by atoms with Crippen LogP contribution < -0.4 is 26.2 Å². The molecular formula is C65H55BN2O. The Balaban J connectivity index is 1.07. The van der Waals surface area contributed by atoms with Crippen molar-refractivity contribution in [3.05, 3.63) is 210 Å². The van der Waals surface area contributed by atoms with Gasteiger partial charge in [0.05, 0.1) is 0 Å². The van der Waals surface area contributed by atoms with Crippen molar-refractivity contribution < 1.29 is 4.42 Å². The summed E-state index contributed by atoms with van der Waals surface area (Å²) < 4.78 is 6.55. The number of rotatable bonds is 4. The minimum atomic E-state index is -0.144. The molecular weight excluding hydrogens is 836 g/mol. The molecule has 0 atom stereocenters. The van der Waals surface area contributed by atoms with E-state index in [0.717, 1.165) is 38.8 Å². The van der Waals surface area contributed by atoms with Gasteiger partial charge in [-0.05, 0) is 132 Å². The predicted molar refractivity (Wildman–Crippen MR) is 294 cm³/mol. The van der Waals surface area contributed by atoms with E-state index in [4.69, 9.17) is 4.42 Å². The Morgan fingerprint density at radius 3 is 1.81 bits per heavy atom. The van der Waals surface area contributed by atoms with Crippen LogP contribution in [0.3, 0.4) is 0 Å². The van der Waals surface area contributed by atoms with Gasteiger partial charge in [-0.2, -0.15) is 0 Å². The lowest BCUT2D eigenvalue weighted by Crippen LogP contribution is -2.61. The van der Waals surface area contributed by atoms with Crippen LogP contribution in [0.4, 0.5) is 34.1 Å². The van der Waals surface area contributed by atoms with Crippen LogP contribution in [-0.4, -0.2) is 6.71 Å². The summed E-state index contributed by atoms with van der Waals surface area (Å²) in [4.78, 5) is 5.17. The summed E-state index contributed by atoms with van der Waals surface area (Å²) in [5.74, 6) is 0. The Hall–Kier alpha value is -7.56. The van der Waals surface area contributed by atoms with Crippen molar-refractivity contribution in [2.45, 2.75) is 71.6 Å². The summed E-state index contributed by atoms with van der Waals surface area (Å²) in [7, 11) is 0. The van der Waals surface area contributed by atoms with Crippen molar-refractivity contribution in [1.82, 2.24) is 0 Å². The Morgan fingerprint density at radius 1 is 0.420 bits per heavy atom. The molecule has 0 saturated heterocycles. The third kappa shape index (κ3) is 6.27. The van der Waals surface area contributed by atoms with Crippen LogP contribution >= 0.6 is 0 Å². The molecule has 3 heterocycles. The molecule has 3 aliphatic rings. The molecule has 4 heteroatoms. The van der Waals surface area contributed by atoms with Gasteiger partial charge in [0.25, 0.3) is 6.71 Å². The summed E-state index contributed by atoms with van der Waals surface area (Å²) in [6, 6.07) is 70.7. The van der Waals surface area contributed by atoms with Crippen LogP contribution in [0.5, 0.6) is 0 Å². The molecule has 1 aromatic heterocycles. The van der Waals surface area contributed by atoms with E-state index >= 15 is 0 Å². The van der Waals surface area contributed by atoms with Gasteiger partial charge < -0.3 is 14.2 Å². The third-order valence-corrected chi connectivity index (χ3v) is 15.6. The van der Waals surface area contributed by atoms with E-state index in [2.05, 4.69) is 247 Å². The van der Waals surface area contributed by atoms with Crippen molar-refractivity contribution in [2.75, 3.05) is 9.80 Å². The van der Waals surface area contributed by atoms with Crippen LogP contribution in [-0.2, 0) is 16.2 Å². The summed E-state index contributed by atoms with van der Waals surface area (Å²) in [5, 5.41) is 2.28. The standard InChI is InChI=1S/C65H55BN2O/c1-63(2,3)43-28-33-54-57(36-43)68(46-31-32-49-48-19-12-14-23-52(48)65(7,8)53(49)39-46)59-38-44(64(4,5)6)37-58-61(59)66(54)55-35-42(40-17-10-9-11-18-40)27-34-56(55)67(58)45-29-25-41(26-30-45)47-21-16-22-51-50-20-13-15-24-60(50)69-62(47)51/h9-39H,1-8H3. The zero-order valence-corrected chi connectivity index (χ0v) is 40.8. The van der Waals surface area contributed by atoms with Crippen LogP contribution in [0.1, 0.15) is 77.6 Å². The van der Waals surface area contributed by atoms with Crippen LogP contribution in [0, 0.1) is 0 Å². The molecule has 10 aromatic rings. The van der Waals surface area contributed by atoms with Gasteiger partial charge in [0.15, 0.2) is 0 Å². The monoisotopic (exact) mass is 890 g/mol. The molecule has 0 bridgehead atoms. The number of nitrogens with zero attached hydrogens (tertiary/aromatic N) is 2. The van der Waals surface area contributed by atoms with Gasteiger partial charge in [-0.15, -0.1) is 0 Å². The third-order valence-electron chi connectivity index (χ3n) is 15.6. The number of anilines is 6. The number of para-hydroxylation sites is 2. The van der Waals surface area contributed by atoms with E-state index in [9.17, 15) is 0 Å². The molecule has 0 radical (unpaired) electrons.